The van der Waals surface area contributed by atoms with Crippen LogP contribution in [0.3, 0.4) is 0 Å². The van der Waals surface area contributed by atoms with Crippen LogP contribution in [0.5, 0.6) is 0 Å². The number of carbonyl (C=O) groups excluding carboxylic acids is 1. The van der Waals surface area contributed by atoms with E-state index < -0.39 is 0 Å². The lowest BCUT2D eigenvalue weighted by Gasteiger charge is -2.10. The topological polar surface area (TPSA) is 26.3 Å². The molecule has 1 rings (SSSR count). The Labute approximate surface area is 114 Å². The highest BCUT2D eigenvalue weighted by Gasteiger charge is 2.13. The summed E-state index contributed by atoms with van der Waals surface area (Å²) in [4.78, 5) is 11.8. The molecule has 98 valence electrons. The standard InChI is InChI=1S/C15H19ClO2/c1-4-5-6-14(15(17)18-3)11(2)12-7-9-13(16)10-8-12/h7-10H,4-6H2,1-3H3/b14-11-. The molecule has 2 nitrogen and oxygen atoms in total. The molecule has 0 aliphatic rings. The molecule has 0 radical (unpaired) electrons. The van der Waals surface area contributed by atoms with E-state index in [1.165, 1.54) is 7.11 Å². The molecule has 3 heteroatoms. The first-order valence-electron chi connectivity index (χ1n) is 6.14. The van der Waals surface area contributed by atoms with E-state index in [9.17, 15) is 4.79 Å². The number of unbranched alkanes of at least 4 members (excludes halogenated alkanes) is 1. The van der Waals surface area contributed by atoms with Gasteiger partial charge in [-0.1, -0.05) is 37.1 Å². The van der Waals surface area contributed by atoms with Gasteiger partial charge in [0.25, 0.3) is 0 Å². The van der Waals surface area contributed by atoms with Crippen molar-refractivity contribution >= 4 is 23.1 Å². The first-order valence-corrected chi connectivity index (χ1v) is 6.52. The number of ether oxygens (including phenoxy) is 1. The van der Waals surface area contributed by atoms with Crippen LogP contribution in [0.4, 0.5) is 0 Å². The Kier molecular flexibility index (Phi) is 5.93. The third kappa shape index (κ3) is 3.88. The van der Waals surface area contributed by atoms with Crippen molar-refractivity contribution in [2.75, 3.05) is 7.11 Å². The van der Waals surface area contributed by atoms with Crippen LogP contribution in [0, 0.1) is 0 Å². The number of hydrogen-bond acceptors (Lipinski definition) is 2. The summed E-state index contributed by atoms with van der Waals surface area (Å²) in [5.74, 6) is -0.240. The van der Waals surface area contributed by atoms with Crippen molar-refractivity contribution in [2.24, 2.45) is 0 Å². The Morgan fingerprint density at radius 3 is 2.39 bits per heavy atom. The molecule has 0 aromatic heterocycles. The summed E-state index contributed by atoms with van der Waals surface area (Å²) in [5.41, 5.74) is 2.73. The lowest BCUT2D eigenvalue weighted by atomic mass is 9.97. The van der Waals surface area contributed by atoms with Crippen LogP contribution >= 0.6 is 11.6 Å². The van der Waals surface area contributed by atoms with Gasteiger partial charge in [-0.05, 0) is 43.0 Å². The predicted octanol–water partition coefficient (Wildman–Crippen LogP) is 4.48. The van der Waals surface area contributed by atoms with Gasteiger partial charge in [-0.25, -0.2) is 4.79 Å². The van der Waals surface area contributed by atoms with E-state index in [4.69, 9.17) is 16.3 Å². The second-order valence-corrected chi connectivity index (χ2v) is 4.64. The molecule has 0 N–H and O–H groups in total. The maximum absolute atomic E-state index is 11.8. The third-order valence-electron chi connectivity index (χ3n) is 2.94. The zero-order valence-electron chi connectivity index (χ0n) is 11.1. The fourth-order valence-electron chi connectivity index (χ4n) is 1.79. The molecule has 0 amide bonds. The zero-order valence-corrected chi connectivity index (χ0v) is 11.9. The minimum absolute atomic E-state index is 0.240. The van der Waals surface area contributed by atoms with Gasteiger partial charge < -0.3 is 4.74 Å². The minimum Gasteiger partial charge on any atom is -0.466 e. The summed E-state index contributed by atoms with van der Waals surface area (Å²) >= 11 is 5.86. The molecule has 0 heterocycles. The van der Waals surface area contributed by atoms with Gasteiger partial charge in [-0.15, -0.1) is 0 Å². The monoisotopic (exact) mass is 266 g/mol. The molecular weight excluding hydrogens is 248 g/mol. The summed E-state index contributed by atoms with van der Waals surface area (Å²) in [7, 11) is 1.42. The van der Waals surface area contributed by atoms with Gasteiger partial charge in [0.1, 0.15) is 0 Å². The number of halogens is 1. The van der Waals surface area contributed by atoms with E-state index in [0.717, 1.165) is 36.0 Å². The van der Waals surface area contributed by atoms with Crippen LogP contribution in [0.15, 0.2) is 29.8 Å². The lowest BCUT2D eigenvalue weighted by molar-refractivity contribution is -0.136. The van der Waals surface area contributed by atoms with Crippen molar-refractivity contribution in [3.8, 4) is 0 Å². The summed E-state index contributed by atoms with van der Waals surface area (Å²) in [6.45, 7) is 4.05. The van der Waals surface area contributed by atoms with Gasteiger partial charge >= 0.3 is 5.97 Å². The maximum atomic E-state index is 11.8. The normalized spacial score (nSPS) is 12.0. The molecular formula is C15H19ClO2. The van der Waals surface area contributed by atoms with Crippen molar-refractivity contribution in [1.82, 2.24) is 0 Å². The zero-order chi connectivity index (χ0) is 13.5. The molecule has 0 saturated carbocycles. The first kappa shape index (κ1) is 14.8. The third-order valence-corrected chi connectivity index (χ3v) is 3.19. The van der Waals surface area contributed by atoms with Crippen LogP contribution in [0.25, 0.3) is 5.57 Å². The van der Waals surface area contributed by atoms with Crippen molar-refractivity contribution in [3.05, 3.63) is 40.4 Å². The molecule has 0 spiro atoms. The number of benzene rings is 1. The van der Waals surface area contributed by atoms with Crippen LogP contribution < -0.4 is 0 Å². The second-order valence-electron chi connectivity index (χ2n) is 4.21. The largest absolute Gasteiger partial charge is 0.466 e. The summed E-state index contributed by atoms with van der Waals surface area (Å²) < 4.78 is 4.85. The Morgan fingerprint density at radius 2 is 1.89 bits per heavy atom. The number of carbonyl (C=O) groups is 1. The quantitative estimate of drug-likeness (QED) is 0.580. The van der Waals surface area contributed by atoms with Crippen LogP contribution in [0.2, 0.25) is 5.02 Å². The van der Waals surface area contributed by atoms with Gasteiger partial charge in [0, 0.05) is 10.6 Å². The molecule has 0 unspecified atom stereocenters. The summed E-state index contributed by atoms with van der Waals surface area (Å²) in [6, 6.07) is 7.50. The van der Waals surface area contributed by atoms with E-state index in [2.05, 4.69) is 6.92 Å². The van der Waals surface area contributed by atoms with Gasteiger partial charge in [-0.3, -0.25) is 0 Å². The van der Waals surface area contributed by atoms with E-state index >= 15 is 0 Å². The molecule has 0 aliphatic heterocycles. The number of esters is 1. The number of hydrogen-bond donors (Lipinski definition) is 0. The SMILES string of the molecule is CCCC/C(C(=O)OC)=C(\C)c1ccc(Cl)cc1. The highest BCUT2D eigenvalue weighted by Crippen LogP contribution is 2.24. The van der Waals surface area contributed by atoms with Crippen LogP contribution in [0.1, 0.15) is 38.7 Å². The average Bonchev–Trinajstić information content (AvgIpc) is 2.39. The van der Waals surface area contributed by atoms with Crippen molar-refractivity contribution < 1.29 is 9.53 Å². The van der Waals surface area contributed by atoms with Gasteiger partial charge in [-0.2, -0.15) is 0 Å². The van der Waals surface area contributed by atoms with Crippen molar-refractivity contribution in [1.29, 1.82) is 0 Å². The average molecular weight is 267 g/mol. The minimum atomic E-state index is -0.240. The molecule has 0 fully saturated rings. The van der Waals surface area contributed by atoms with Crippen molar-refractivity contribution in [3.63, 3.8) is 0 Å². The van der Waals surface area contributed by atoms with Crippen LogP contribution in [-0.4, -0.2) is 13.1 Å². The molecule has 18 heavy (non-hydrogen) atoms. The fourth-order valence-corrected chi connectivity index (χ4v) is 1.92. The molecule has 0 saturated heterocycles. The fraction of sp³-hybridized carbons (Fsp3) is 0.400. The summed E-state index contributed by atoms with van der Waals surface area (Å²) in [6.07, 6.45) is 2.78. The number of rotatable bonds is 5. The van der Waals surface area contributed by atoms with Gasteiger partial charge in [0.2, 0.25) is 0 Å². The van der Waals surface area contributed by atoms with E-state index in [1.54, 1.807) is 0 Å². The van der Waals surface area contributed by atoms with E-state index in [-0.39, 0.29) is 5.97 Å². The summed E-state index contributed by atoms with van der Waals surface area (Å²) in [5, 5.41) is 0.694. The Morgan fingerprint density at radius 1 is 1.28 bits per heavy atom. The Hall–Kier alpha value is -1.28. The van der Waals surface area contributed by atoms with E-state index in [1.807, 2.05) is 31.2 Å². The molecule has 0 atom stereocenters. The lowest BCUT2D eigenvalue weighted by Crippen LogP contribution is -2.07. The highest BCUT2D eigenvalue weighted by molar-refractivity contribution is 6.30. The van der Waals surface area contributed by atoms with E-state index in [0.29, 0.717) is 5.02 Å². The van der Waals surface area contributed by atoms with Gasteiger partial charge in [0.15, 0.2) is 0 Å². The van der Waals surface area contributed by atoms with Crippen molar-refractivity contribution in [2.45, 2.75) is 33.1 Å². The second kappa shape index (κ2) is 7.22. The Bertz CT molecular complexity index is 432. The number of methoxy groups -OCH3 is 1. The molecule has 0 aliphatic carbocycles. The number of allylic oxidation sites excluding steroid dienone is 1. The van der Waals surface area contributed by atoms with Gasteiger partial charge in [0.05, 0.1) is 7.11 Å². The molecule has 0 bridgehead atoms. The Balaban J connectivity index is 3.08. The van der Waals surface area contributed by atoms with Crippen LogP contribution in [-0.2, 0) is 9.53 Å². The first-order chi connectivity index (χ1) is 8.60. The predicted molar refractivity (Wildman–Crippen MR) is 75.6 cm³/mol. The molecule has 1 aromatic rings. The smallest absolute Gasteiger partial charge is 0.334 e. The maximum Gasteiger partial charge on any atom is 0.334 e. The highest BCUT2D eigenvalue weighted by atomic mass is 35.5. The molecule has 1 aromatic carbocycles.